The molecular weight excluding hydrogens is 490 g/mol. The third-order valence-electron chi connectivity index (χ3n) is 5.31. The first-order valence-corrected chi connectivity index (χ1v) is 11.8. The van der Waals surface area contributed by atoms with Crippen LogP contribution in [0.2, 0.25) is 5.02 Å². The predicted octanol–water partition coefficient (Wildman–Crippen LogP) is 4.42. The lowest BCUT2D eigenvalue weighted by molar-refractivity contribution is -0.150. The molecule has 0 unspecified atom stereocenters. The molecule has 0 saturated carbocycles. The number of hydrogen-bond donors (Lipinski definition) is 3. The summed E-state index contributed by atoms with van der Waals surface area (Å²) in [6.45, 7) is 7.25. The smallest absolute Gasteiger partial charge is 0.347 e. The number of hydrogen-bond acceptors (Lipinski definition) is 6. The van der Waals surface area contributed by atoms with Gasteiger partial charge < -0.3 is 30.2 Å². The lowest BCUT2D eigenvalue weighted by Crippen LogP contribution is -2.45. The number of carbonyl (C=O) groups excluding carboxylic acids is 2. The van der Waals surface area contributed by atoms with Gasteiger partial charge in [0.05, 0.1) is 30.4 Å². The molecule has 1 aliphatic heterocycles. The molecule has 0 saturated heterocycles. The van der Waals surface area contributed by atoms with Crippen molar-refractivity contribution in [1.29, 1.82) is 0 Å². The van der Waals surface area contributed by atoms with E-state index in [9.17, 15) is 9.59 Å². The molecule has 0 spiro atoms. The number of halogens is 1. The SMILES string of the molecule is CCOC(=O)[C@H](C)Oc1cc(Cl)c([C@@H]2NC(=S)NC(C)=C2C(=O)Nc2cccc(C)c2)cc1OC. The number of amides is 1. The Bertz CT molecular complexity index is 1180. The Morgan fingerprint density at radius 2 is 1.94 bits per heavy atom. The van der Waals surface area contributed by atoms with Crippen LogP contribution in [0.15, 0.2) is 47.7 Å². The van der Waals surface area contributed by atoms with Crippen LogP contribution in [0, 0.1) is 6.92 Å². The van der Waals surface area contributed by atoms with E-state index in [1.54, 1.807) is 32.9 Å². The molecule has 2 aromatic carbocycles. The second kappa shape index (κ2) is 11.4. The number of aryl methyl sites for hydroxylation is 1. The zero-order chi connectivity index (χ0) is 25.7. The molecule has 0 radical (unpaired) electrons. The molecule has 3 rings (SSSR count). The summed E-state index contributed by atoms with van der Waals surface area (Å²) < 4.78 is 16.2. The van der Waals surface area contributed by atoms with Crippen LogP contribution in [-0.4, -0.2) is 36.8 Å². The number of ether oxygens (including phenoxy) is 3. The molecule has 3 N–H and O–H groups in total. The average molecular weight is 518 g/mol. The van der Waals surface area contributed by atoms with Crippen LogP contribution in [0.4, 0.5) is 5.69 Å². The third kappa shape index (κ3) is 6.23. The zero-order valence-corrected chi connectivity index (χ0v) is 21.7. The highest BCUT2D eigenvalue weighted by atomic mass is 35.5. The second-order valence-electron chi connectivity index (χ2n) is 7.93. The van der Waals surface area contributed by atoms with Crippen LogP contribution in [-0.2, 0) is 14.3 Å². The summed E-state index contributed by atoms with van der Waals surface area (Å²) >= 11 is 12.0. The van der Waals surface area contributed by atoms with E-state index in [4.69, 9.17) is 38.0 Å². The van der Waals surface area contributed by atoms with Crippen molar-refractivity contribution in [3.63, 3.8) is 0 Å². The van der Waals surface area contributed by atoms with Crippen LogP contribution in [0.5, 0.6) is 11.5 Å². The highest BCUT2D eigenvalue weighted by Gasteiger charge is 2.32. The Morgan fingerprint density at radius 1 is 1.20 bits per heavy atom. The maximum absolute atomic E-state index is 13.4. The number of methoxy groups -OCH3 is 1. The van der Waals surface area contributed by atoms with Crippen molar-refractivity contribution < 1.29 is 23.8 Å². The van der Waals surface area contributed by atoms with Gasteiger partial charge in [0.15, 0.2) is 22.7 Å². The van der Waals surface area contributed by atoms with Crippen LogP contribution in [0.25, 0.3) is 0 Å². The van der Waals surface area contributed by atoms with E-state index in [2.05, 4.69) is 16.0 Å². The lowest BCUT2D eigenvalue weighted by atomic mass is 9.94. The molecule has 2 atom stereocenters. The van der Waals surface area contributed by atoms with Gasteiger partial charge in [-0.05, 0) is 63.7 Å². The summed E-state index contributed by atoms with van der Waals surface area (Å²) in [5, 5.41) is 9.72. The van der Waals surface area contributed by atoms with Crippen LogP contribution in [0.1, 0.15) is 37.9 Å². The number of allylic oxidation sites excluding steroid dienone is 1. The first-order valence-electron chi connectivity index (χ1n) is 11.0. The maximum Gasteiger partial charge on any atom is 0.347 e. The van der Waals surface area contributed by atoms with E-state index in [1.165, 1.54) is 7.11 Å². The summed E-state index contributed by atoms with van der Waals surface area (Å²) in [5.41, 5.74) is 3.25. The van der Waals surface area contributed by atoms with Gasteiger partial charge >= 0.3 is 5.97 Å². The molecule has 1 heterocycles. The Balaban J connectivity index is 1.97. The normalized spacial score (nSPS) is 16.1. The van der Waals surface area contributed by atoms with Gasteiger partial charge in [0, 0.05) is 23.0 Å². The Hall–Kier alpha value is -3.30. The van der Waals surface area contributed by atoms with Gasteiger partial charge in [0.1, 0.15) is 0 Å². The minimum atomic E-state index is -0.867. The number of thiocarbonyl (C=S) groups is 1. The van der Waals surface area contributed by atoms with Crippen molar-refractivity contribution in [3.8, 4) is 11.5 Å². The summed E-state index contributed by atoms with van der Waals surface area (Å²) in [7, 11) is 1.47. The van der Waals surface area contributed by atoms with Crippen LogP contribution >= 0.6 is 23.8 Å². The molecule has 0 aliphatic carbocycles. The minimum absolute atomic E-state index is 0.240. The second-order valence-corrected chi connectivity index (χ2v) is 8.75. The molecule has 8 nitrogen and oxygen atoms in total. The molecule has 186 valence electrons. The maximum atomic E-state index is 13.4. The number of carbonyl (C=O) groups is 2. The van der Waals surface area contributed by atoms with Gasteiger partial charge in [-0.2, -0.15) is 0 Å². The quantitative estimate of drug-likeness (QED) is 0.350. The lowest BCUT2D eigenvalue weighted by Gasteiger charge is -2.31. The largest absolute Gasteiger partial charge is 0.493 e. The topological polar surface area (TPSA) is 97.9 Å². The van der Waals surface area contributed by atoms with Crippen molar-refractivity contribution in [2.75, 3.05) is 19.0 Å². The summed E-state index contributed by atoms with van der Waals surface area (Å²) in [4.78, 5) is 25.4. The third-order valence-corrected chi connectivity index (χ3v) is 5.85. The fourth-order valence-corrected chi connectivity index (χ4v) is 4.20. The number of benzene rings is 2. The van der Waals surface area contributed by atoms with E-state index < -0.39 is 18.1 Å². The molecule has 35 heavy (non-hydrogen) atoms. The van der Waals surface area contributed by atoms with Crippen molar-refractivity contribution >= 4 is 46.5 Å². The standard InChI is InChI=1S/C25H28ClN3O5S/c1-6-33-24(31)15(4)34-20-12-18(26)17(11-19(20)32-5)22-21(14(3)27-25(35)29-22)23(30)28-16-9-7-8-13(2)10-16/h7-12,15,22H,6H2,1-5H3,(H,28,30)(H2,27,29,35)/t15-,22-/m0/s1. The van der Waals surface area contributed by atoms with Gasteiger partial charge in [-0.15, -0.1) is 0 Å². The fourth-order valence-electron chi connectivity index (χ4n) is 3.67. The monoisotopic (exact) mass is 517 g/mol. The van der Waals surface area contributed by atoms with Gasteiger partial charge in [-0.25, -0.2) is 4.79 Å². The van der Waals surface area contributed by atoms with E-state index in [0.717, 1.165) is 5.56 Å². The molecule has 0 bridgehead atoms. The molecule has 0 aromatic heterocycles. The van der Waals surface area contributed by atoms with Crippen molar-refractivity contribution in [2.45, 2.75) is 39.8 Å². The molecule has 2 aromatic rings. The van der Waals surface area contributed by atoms with Crippen molar-refractivity contribution in [2.24, 2.45) is 0 Å². The first-order chi connectivity index (χ1) is 16.6. The van der Waals surface area contributed by atoms with E-state index in [0.29, 0.717) is 38.4 Å². The van der Waals surface area contributed by atoms with Gasteiger partial charge in [-0.3, -0.25) is 4.79 Å². The molecule has 10 heteroatoms. The van der Waals surface area contributed by atoms with Crippen LogP contribution < -0.4 is 25.4 Å². The number of rotatable bonds is 8. The summed E-state index contributed by atoms with van der Waals surface area (Å²) in [5.74, 6) is -0.214. The first kappa shape index (κ1) is 26.3. The highest BCUT2D eigenvalue weighted by molar-refractivity contribution is 7.80. The minimum Gasteiger partial charge on any atom is -0.493 e. The highest BCUT2D eigenvalue weighted by Crippen LogP contribution is 2.40. The van der Waals surface area contributed by atoms with Crippen molar-refractivity contribution in [1.82, 2.24) is 10.6 Å². The molecule has 0 fully saturated rings. The van der Waals surface area contributed by atoms with Gasteiger partial charge in [0.2, 0.25) is 0 Å². The van der Waals surface area contributed by atoms with Crippen LogP contribution in [0.3, 0.4) is 0 Å². The Labute approximate surface area is 215 Å². The fraction of sp³-hybridized carbons (Fsp3) is 0.320. The number of nitrogens with one attached hydrogen (secondary N) is 3. The van der Waals surface area contributed by atoms with Crippen molar-refractivity contribution in [3.05, 3.63) is 63.8 Å². The summed E-state index contributed by atoms with van der Waals surface area (Å²) in [6, 6.07) is 10.1. The number of esters is 1. The summed E-state index contributed by atoms with van der Waals surface area (Å²) in [6.07, 6.45) is -0.867. The van der Waals surface area contributed by atoms with Gasteiger partial charge in [0.25, 0.3) is 5.91 Å². The molecular formula is C25H28ClN3O5S. The van der Waals surface area contributed by atoms with E-state index >= 15 is 0 Å². The molecule has 1 amide bonds. The Kier molecular flexibility index (Phi) is 8.58. The zero-order valence-electron chi connectivity index (χ0n) is 20.2. The van der Waals surface area contributed by atoms with E-state index in [1.807, 2.05) is 31.2 Å². The van der Waals surface area contributed by atoms with Gasteiger partial charge in [-0.1, -0.05) is 23.7 Å². The number of anilines is 1. The Morgan fingerprint density at radius 3 is 2.60 bits per heavy atom. The van der Waals surface area contributed by atoms with E-state index in [-0.39, 0.29) is 18.3 Å². The average Bonchev–Trinajstić information content (AvgIpc) is 2.78. The predicted molar refractivity (Wildman–Crippen MR) is 139 cm³/mol. The molecule has 1 aliphatic rings.